The highest BCUT2D eigenvalue weighted by molar-refractivity contribution is 9.10. The maximum Gasteiger partial charge on any atom is 0.251 e. The second kappa shape index (κ2) is 6.28. The van der Waals surface area contributed by atoms with Gasteiger partial charge in [-0.05, 0) is 50.2 Å². The first kappa shape index (κ1) is 14.7. The van der Waals surface area contributed by atoms with Gasteiger partial charge in [0.15, 0.2) is 0 Å². The minimum absolute atomic E-state index is 0.0655. The zero-order valence-electron chi connectivity index (χ0n) is 11.9. The highest BCUT2D eigenvalue weighted by Crippen LogP contribution is 2.28. The SMILES string of the molecule is O=C1C[C@@H](N2CCCCCC2)C(=O)N1c1ccc(Br)cc1. The van der Waals surface area contributed by atoms with Crippen LogP contribution in [0, 0.1) is 0 Å². The Hall–Kier alpha value is -1.20. The van der Waals surface area contributed by atoms with E-state index in [9.17, 15) is 9.59 Å². The zero-order chi connectivity index (χ0) is 14.8. The lowest BCUT2D eigenvalue weighted by molar-refractivity contribution is -0.122. The van der Waals surface area contributed by atoms with Gasteiger partial charge in [0.2, 0.25) is 5.91 Å². The van der Waals surface area contributed by atoms with Crippen molar-refractivity contribution in [2.24, 2.45) is 0 Å². The highest BCUT2D eigenvalue weighted by atomic mass is 79.9. The van der Waals surface area contributed by atoms with Crippen LogP contribution in [0.5, 0.6) is 0 Å². The molecule has 2 amide bonds. The number of carbonyl (C=O) groups excluding carboxylic acids is 2. The average molecular weight is 351 g/mol. The average Bonchev–Trinajstić information content (AvgIpc) is 2.69. The molecule has 2 saturated heterocycles. The molecule has 4 nitrogen and oxygen atoms in total. The fourth-order valence-electron chi connectivity index (χ4n) is 3.17. The van der Waals surface area contributed by atoms with Crippen molar-refractivity contribution in [1.82, 2.24) is 4.90 Å². The number of hydrogen-bond acceptors (Lipinski definition) is 3. The van der Waals surface area contributed by atoms with E-state index in [2.05, 4.69) is 20.8 Å². The number of amides is 2. The molecule has 0 aromatic heterocycles. The monoisotopic (exact) mass is 350 g/mol. The Morgan fingerprint density at radius 2 is 1.57 bits per heavy atom. The first-order valence-electron chi connectivity index (χ1n) is 7.53. The van der Waals surface area contributed by atoms with E-state index in [0.717, 1.165) is 30.4 Å². The quantitative estimate of drug-likeness (QED) is 0.770. The summed E-state index contributed by atoms with van der Waals surface area (Å²) in [7, 11) is 0. The van der Waals surface area contributed by atoms with E-state index in [-0.39, 0.29) is 17.9 Å². The molecular formula is C16H19BrN2O2. The molecule has 0 unspecified atom stereocenters. The number of carbonyl (C=O) groups is 2. The van der Waals surface area contributed by atoms with Crippen molar-refractivity contribution in [3.8, 4) is 0 Å². The van der Waals surface area contributed by atoms with Crippen LogP contribution in [0.15, 0.2) is 28.7 Å². The Morgan fingerprint density at radius 3 is 2.19 bits per heavy atom. The number of nitrogens with zero attached hydrogens (tertiary/aromatic N) is 2. The van der Waals surface area contributed by atoms with Crippen LogP contribution < -0.4 is 4.90 Å². The Bertz CT molecular complexity index is 536. The summed E-state index contributed by atoms with van der Waals surface area (Å²) in [5, 5.41) is 0. The lowest BCUT2D eigenvalue weighted by Gasteiger charge is -2.25. The Balaban J connectivity index is 1.79. The van der Waals surface area contributed by atoms with Gasteiger partial charge in [-0.3, -0.25) is 14.5 Å². The van der Waals surface area contributed by atoms with Gasteiger partial charge < -0.3 is 0 Å². The lowest BCUT2D eigenvalue weighted by atomic mass is 10.2. The summed E-state index contributed by atoms with van der Waals surface area (Å²) in [5.41, 5.74) is 0.672. The van der Waals surface area contributed by atoms with E-state index in [1.54, 1.807) is 0 Å². The molecule has 2 aliphatic rings. The van der Waals surface area contributed by atoms with E-state index < -0.39 is 0 Å². The molecule has 112 valence electrons. The van der Waals surface area contributed by atoms with E-state index in [1.807, 2.05) is 24.3 Å². The van der Waals surface area contributed by atoms with Crippen molar-refractivity contribution < 1.29 is 9.59 Å². The third kappa shape index (κ3) is 3.04. The van der Waals surface area contributed by atoms with Crippen LogP contribution in [0.3, 0.4) is 0 Å². The molecule has 2 aliphatic heterocycles. The molecule has 21 heavy (non-hydrogen) atoms. The van der Waals surface area contributed by atoms with Crippen molar-refractivity contribution in [3.63, 3.8) is 0 Å². The summed E-state index contributed by atoms with van der Waals surface area (Å²) < 4.78 is 0.939. The van der Waals surface area contributed by atoms with Crippen LogP contribution in [0.2, 0.25) is 0 Å². The van der Waals surface area contributed by atoms with E-state index in [0.29, 0.717) is 12.1 Å². The number of halogens is 1. The topological polar surface area (TPSA) is 40.6 Å². The van der Waals surface area contributed by atoms with Crippen LogP contribution >= 0.6 is 15.9 Å². The first-order valence-corrected chi connectivity index (χ1v) is 8.32. The van der Waals surface area contributed by atoms with E-state index >= 15 is 0 Å². The van der Waals surface area contributed by atoms with Crippen LogP contribution in [0.4, 0.5) is 5.69 Å². The predicted molar refractivity (Wildman–Crippen MR) is 85.1 cm³/mol. The highest BCUT2D eigenvalue weighted by Gasteiger charge is 2.42. The second-order valence-corrected chi connectivity index (χ2v) is 6.63. The number of benzene rings is 1. The molecular weight excluding hydrogens is 332 g/mol. The van der Waals surface area contributed by atoms with E-state index in [1.165, 1.54) is 17.7 Å². The van der Waals surface area contributed by atoms with Crippen LogP contribution in [-0.2, 0) is 9.59 Å². The van der Waals surface area contributed by atoms with Crippen molar-refractivity contribution in [2.45, 2.75) is 38.1 Å². The van der Waals surface area contributed by atoms with Gasteiger partial charge in [-0.25, -0.2) is 4.90 Å². The van der Waals surface area contributed by atoms with Crippen molar-refractivity contribution >= 4 is 33.4 Å². The number of imide groups is 1. The van der Waals surface area contributed by atoms with E-state index in [4.69, 9.17) is 0 Å². The fourth-order valence-corrected chi connectivity index (χ4v) is 3.43. The molecule has 0 N–H and O–H groups in total. The van der Waals surface area contributed by atoms with Gasteiger partial charge >= 0.3 is 0 Å². The van der Waals surface area contributed by atoms with Gasteiger partial charge in [0, 0.05) is 4.47 Å². The maximum absolute atomic E-state index is 12.7. The van der Waals surface area contributed by atoms with Gasteiger partial charge in [0.05, 0.1) is 18.2 Å². The molecule has 2 fully saturated rings. The van der Waals surface area contributed by atoms with Gasteiger partial charge in [-0.15, -0.1) is 0 Å². The number of likely N-dealkylation sites (tertiary alicyclic amines) is 1. The minimum Gasteiger partial charge on any atom is -0.292 e. The Morgan fingerprint density at radius 1 is 0.952 bits per heavy atom. The molecule has 2 heterocycles. The summed E-state index contributed by atoms with van der Waals surface area (Å²) in [6.45, 7) is 1.86. The Labute approximate surface area is 133 Å². The third-order valence-electron chi connectivity index (χ3n) is 4.29. The summed E-state index contributed by atoms with van der Waals surface area (Å²) >= 11 is 3.37. The molecule has 0 saturated carbocycles. The van der Waals surface area contributed by atoms with Gasteiger partial charge in [0.1, 0.15) is 0 Å². The molecule has 0 spiro atoms. The molecule has 0 radical (unpaired) electrons. The zero-order valence-corrected chi connectivity index (χ0v) is 13.5. The fraction of sp³-hybridized carbons (Fsp3) is 0.500. The molecule has 1 atom stereocenters. The number of rotatable bonds is 2. The van der Waals surface area contributed by atoms with Gasteiger partial charge in [0.25, 0.3) is 5.91 Å². The van der Waals surface area contributed by atoms with Crippen molar-refractivity contribution in [1.29, 1.82) is 0 Å². The second-order valence-electron chi connectivity index (χ2n) is 5.71. The molecule has 1 aromatic rings. The summed E-state index contributed by atoms with van der Waals surface area (Å²) in [4.78, 5) is 28.5. The van der Waals surface area contributed by atoms with Crippen molar-refractivity contribution in [2.75, 3.05) is 18.0 Å². The molecule has 0 bridgehead atoms. The summed E-state index contributed by atoms with van der Waals surface area (Å²) in [6.07, 6.45) is 5.00. The molecule has 5 heteroatoms. The number of anilines is 1. The summed E-state index contributed by atoms with van der Waals surface area (Å²) in [5.74, 6) is -0.152. The maximum atomic E-state index is 12.7. The van der Waals surface area contributed by atoms with Crippen LogP contribution in [0.1, 0.15) is 32.1 Å². The standard InChI is InChI=1S/C16H19BrN2O2/c17-12-5-7-13(8-6-12)19-15(20)11-14(16(19)21)18-9-3-1-2-4-10-18/h5-8,14H,1-4,9-11H2/t14-/m1/s1. The van der Waals surface area contributed by atoms with Crippen LogP contribution in [0.25, 0.3) is 0 Å². The van der Waals surface area contributed by atoms with Gasteiger partial charge in [-0.1, -0.05) is 28.8 Å². The molecule has 1 aromatic carbocycles. The smallest absolute Gasteiger partial charge is 0.251 e. The molecule has 3 rings (SSSR count). The third-order valence-corrected chi connectivity index (χ3v) is 4.82. The van der Waals surface area contributed by atoms with Crippen LogP contribution in [-0.4, -0.2) is 35.8 Å². The largest absolute Gasteiger partial charge is 0.292 e. The summed E-state index contributed by atoms with van der Waals surface area (Å²) in [6, 6.07) is 7.07. The first-order chi connectivity index (χ1) is 10.2. The predicted octanol–water partition coefficient (Wildman–Crippen LogP) is 2.96. The molecule has 0 aliphatic carbocycles. The van der Waals surface area contributed by atoms with Gasteiger partial charge in [-0.2, -0.15) is 0 Å². The minimum atomic E-state index is -0.265. The lowest BCUT2D eigenvalue weighted by Crippen LogP contribution is -2.42. The normalized spacial score (nSPS) is 24.4. The Kier molecular flexibility index (Phi) is 4.40. The number of hydrogen-bond donors (Lipinski definition) is 0. The van der Waals surface area contributed by atoms with Crippen molar-refractivity contribution in [3.05, 3.63) is 28.7 Å².